The van der Waals surface area contributed by atoms with Gasteiger partial charge in [0.25, 0.3) is 0 Å². The molecule has 1 unspecified atom stereocenters. The number of fused-ring (bicyclic) bond motifs is 1. The van der Waals surface area contributed by atoms with E-state index in [0.717, 1.165) is 29.6 Å². The average molecular weight is 246 g/mol. The van der Waals surface area contributed by atoms with Crippen molar-refractivity contribution in [3.8, 4) is 5.75 Å². The summed E-state index contributed by atoms with van der Waals surface area (Å²) in [6, 6.07) is 6.17. The van der Waals surface area contributed by atoms with Gasteiger partial charge in [0.15, 0.2) is 4.77 Å². The molecule has 1 aliphatic carbocycles. The molecule has 0 fully saturated rings. The Labute approximate surface area is 105 Å². The fraction of sp³-hybridized carbons (Fsp3) is 0.308. The number of benzene rings is 1. The number of aromatic amines is 1. The van der Waals surface area contributed by atoms with E-state index in [1.165, 1.54) is 5.56 Å². The van der Waals surface area contributed by atoms with E-state index in [9.17, 15) is 5.11 Å². The smallest absolute Gasteiger partial charge is 0.177 e. The van der Waals surface area contributed by atoms with Crippen LogP contribution < -0.4 is 0 Å². The summed E-state index contributed by atoms with van der Waals surface area (Å²) in [6.07, 6.45) is 6.76. The summed E-state index contributed by atoms with van der Waals surface area (Å²) < 4.78 is 2.89. The maximum atomic E-state index is 9.79. The van der Waals surface area contributed by atoms with Crippen LogP contribution in [0, 0.1) is 4.77 Å². The molecule has 1 heterocycles. The number of phenols is 1. The van der Waals surface area contributed by atoms with Crippen molar-refractivity contribution in [2.75, 3.05) is 0 Å². The third-order valence-electron chi connectivity index (χ3n) is 3.50. The number of aromatic hydroxyl groups is 1. The first-order chi connectivity index (χ1) is 8.25. The van der Waals surface area contributed by atoms with E-state index < -0.39 is 0 Å². The van der Waals surface area contributed by atoms with Gasteiger partial charge in [0.2, 0.25) is 0 Å². The van der Waals surface area contributed by atoms with Gasteiger partial charge in [0.1, 0.15) is 5.75 Å². The van der Waals surface area contributed by atoms with E-state index in [2.05, 4.69) is 15.6 Å². The van der Waals surface area contributed by atoms with E-state index in [1.54, 1.807) is 6.07 Å². The van der Waals surface area contributed by atoms with E-state index in [0.29, 0.717) is 11.8 Å². The van der Waals surface area contributed by atoms with Crippen LogP contribution in [-0.2, 0) is 12.8 Å². The number of phenolic OH excluding ortho intramolecular Hbond substituents is 1. The standard InChI is InChI=1S/C13H14N2OS/c16-12-3-1-2-9-8-10(4-5-11(9)12)15-7-6-14-13(15)17/h1-3,6-7,10,16H,4-5,8H2,(H,14,17). The highest BCUT2D eigenvalue weighted by molar-refractivity contribution is 7.71. The van der Waals surface area contributed by atoms with Crippen LogP contribution in [0.5, 0.6) is 5.75 Å². The second-order valence-electron chi connectivity index (χ2n) is 4.48. The first-order valence-corrected chi connectivity index (χ1v) is 6.22. The molecule has 4 heteroatoms. The van der Waals surface area contributed by atoms with Gasteiger partial charge in [-0.05, 0) is 48.7 Å². The van der Waals surface area contributed by atoms with Crippen molar-refractivity contribution >= 4 is 12.2 Å². The van der Waals surface area contributed by atoms with Crippen molar-refractivity contribution < 1.29 is 5.11 Å². The molecule has 0 amide bonds. The Kier molecular flexibility index (Phi) is 2.52. The molecule has 0 aliphatic heterocycles. The minimum absolute atomic E-state index is 0.406. The van der Waals surface area contributed by atoms with Crippen LogP contribution in [0.15, 0.2) is 30.6 Å². The molecule has 0 spiro atoms. The molecule has 0 saturated heterocycles. The van der Waals surface area contributed by atoms with Crippen molar-refractivity contribution in [2.45, 2.75) is 25.3 Å². The largest absolute Gasteiger partial charge is 0.508 e. The Morgan fingerprint density at radius 3 is 3.06 bits per heavy atom. The van der Waals surface area contributed by atoms with E-state index in [-0.39, 0.29) is 0 Å². The number of nitrogens with one attached hydrogen (secondary N) is 1. The maximum Gasteiger partial charge on any atom is 0.177 e. The lowest BCUT2D eigenvalue weighted by Gasteiger charge is -2.26. The molecule has 2 aromatic rings. The van der Waals surface area contributed by atoms with Crippen LogP contribution in [0.3, 0.4) is 0 Å². The van der Waals surface area contributed by atoms with Crippen LogP contribution in [0.4, 0.5) is 0 Å². The second kappa shape index (κ2) is 4.04. The van der Waals surface area contributed by atoms with Gasteiger partial charge in [-0.25, -0.2) is 0 Å². The number of rotatable bonds is 1. The molecule has 0 bridgehead atoms. The molecule has 0 saturated carbocycles. The molecular weight excluding hydrogens is 232 g/mol. The average Bonchev–Trinajstić information content (AvgIpc) is 2.75. The van der Waals surface area contributed by atoms with Crippen molar-refractivity contribution in [2.24, 2.45) is 0 Å². The first kappa shape index (κ1) is 10.6. The Hall–Kier alpha value is -1.55. The number of nitrogens with zero attached hydrogens (tertiary/aromatic N) is 1. The molecule has 88 valence electrons. The topological polar surface area (TPSA) is 41.0 Å². The molecule has 2 N–H and O–H groups in total. The monoisotopic (exact) mass is 246 g/mol. The number of aromatic nitrogens is 2. The third kappa shape index (κ3) is 1.78. The highest BCUT2D eigenvalue weighted by atomic mass is 32.1. The predicted octanol–water partition coefficient (Wildman–Crippen LogP) is 2.98. The van der Waals surface area contributed by atoms with Crippen molar-refractivity contribution in [1.29, 1.82) is 0 Å². The van der Waals surface area contributed by atoms with E-state index >= 15 is 0 Å². The Balaban J connectivity index is 1.96. The van der Waals surface area contributed by atoms with Gasteiger partial charge < -0.3 is 14.7 Å². The first-order valence-electron chi connectivity index (χ1n) is 5.81. The molecule has 1 aromatic heterocycles. The number of hydrogen-bond acceptors (Lipinski definition) is 2. The SMILES string of the molecule is Oc1cccc2c1CCC(n1cc[nH]c1=S)C2. The fourth-order valence-corrected chi connectivity index (χ4v) is 2.90. The molecule has 3 rings (SSSR count). The normalized spacial score (nSPS) is 18.9. The molecule has 0 radical (unpaired) electrons. The Morgan fingerprint density at radius 2 is 2.29 bits per heavy atom. The van der Waals surface area contributed by atoms with Crippen molar-refractivity contribution in [3.05, 3.63) is 46.5 Å². The third-order valence-corrected chi connectivity index (χ3v) is 3.83. The minimum Gasteiger partial charge on any atom is -0.508 e. The molecule has 1 atom stereocenters. The summed E-state index contributed by atoms with van der Waals surface area (Å²) in [7, 11) is 0. The van der Waals surface area contributed by atoms with Crippen LogP contribution >= 0.6 is 12.2 Å². The zero-order valence-corrected chi connectivity index (χ0v) is 10.2. The van der Waals surface area contributed by atoms with Gasteiger partial charge in [-0.2, -0.15) is 0 Å². The number of hydrogen-bond donors (Lipinski definition) is 2. The molecule has 17 heavy (non-hydrogen) atoms. The van der Waals surface area contributed by atoms with E-state index in [4.69, 9.17) is 12.2 Å². The summed E-state index contributed by atoms with van der Waals surface area (Å²) in [5.74, 6) is 0.429. The summed E-state index contributed by atoms with van der Waals surface area (Å²) >= 11 is 5.25. The minimum atomic E-state index is 0.406. The van der Waals surface area contributed by atoms with Crippen LogP contribution in [-0.4, -0.2) is 14.7 Å². The van der Waals surface area contributed by atoms with Gasteiger partial charge in [-0.1, -0.05) is 12.1 Å². The zero-order chi connectivity index (χ0) is 11.8. The summed E-state index contributed by atoms with van der Waals surface area (Å²) in [5.41, 5.74) is 2.34. The summed E-state index contributed by atoms with van der Waals surface area (Å²) in [6.45, 7) is 0. The highest BCUT2D eigenvalue weighted by Crippen LogP contribution is 2.33. The van der Waals surface area contributed by atoms with Gasteiger partial charge in [0, 0.05) is 18.4 Å². The van der Waals surface area contributed by atoms with Crippen molar-refractivity contribution in [1.82, 2.24) is 9.55 Å². The summed E-state index contributed by atoms with van der Waals surface area (Å²) in [5, 5.41) is 9.79. The zero-order valence-electron chi connectivity index (χ0n) is 9.39. The number of H-pyrrole nitrogens is 1. The lowest BCUT2D eigenvalue weighted by molar-refractivity contribution is 0.417. The van der Waals surface area contributed by atoms with Gasteiger partial charge >= 0.3 is 0 Å². The lowest BCUT2D eigenvalue weighted by Crippen LogP contribution is -2.18. The molecule has 3 nitrogen and oxygen atoms in total. The van der Waals surface area contributed by atoms with E-state index in [1.807, 2.05) is 18.5 Å². The molecule has 1 aliphatic rings. The Morgan fingerprint density at radius 1 is 1.41 bits per heavy atom. The summed E-state index contributed by atoms with van der Waals surface area (Å²) in [4.78, 5) is 3.03. The maximum absolute atomic E-state index is 9.79. The Bertz CT molecular complexity index is 599. The quantitative estimate of drug-likeness (QED) is 0.759. The molecular formula is C13H14N2OS. The van der Waals surface area contributed by atoms with Crippen LogP contribution in [0.25, 0.3) is 0 Å². The fourth-order valence-electron chi connectivity index (χ4n) is 2.62. The molecule has 1 aromatic carbocycles. The highest BCUT2D eigenvalue weighted by Gasteiger charge is 2.21. The lowest BCUT2D eigenvalue weighted by atomic mass is 9.87. The number of imidazole rings is 1. The second-order valence-corrected chi connectivity index (χ2v) is 4.87. The predicted molar refractivity (Wildman–Crippen MR) is 68.8 cm³/mol. The van der Waals surface area contributed by atoms with Crippen LogP contribution in [0.1, 0.15) is 23.6 Å². The van der Waals surface area contributed by atoms with Gasteiger partial charge in [0.05, 0.1) is 0 Å². The van der Waals surface area contributed by atoms with Gasteiger partial charge in [-0.3, -0.25) is 0 Å². The van der Waals surface area contributed by atoms with Gasteiger partial charge in [-0.15, -0.1) is 0 Å². The van der Waals surface area contributed by atoms with Crippen molar-refractivity contribution in [3.63, 3.8) is 0 Å². The van der Waals surface area contributed by atoms with Crippen LogP contribution in [0.2, 0.25) is 0 Å².